The molecular formula is C21H28O2. The van der Waals surface area contributed by atoms with Crippen molar-refractivity contribution in [3.63, 3.8) is 0 Å². The largest absolute Gasteiger partial charge is 0.496 e. The second kappa shape index (κ2) is 7.25. The van der Waals surface area contributed by atoms with Gasteiger partial charge < -0.3 is 9.47 Å². The number of benzene rings is 2. The Hall–Kier alpha value is -1.70. The minimum Gasteiger partial charge on any atom is -0.496 e. The molecule has 0 heterocycles. The number of hydrogen-bond donors (Lipinski definition) is 0. The standard InChI is InChI=1S/C21H28O2/c1-4-5-6-9-15-12-13-18-19(14-15)21(23-3)17-11-8-7-10-16(17)20(18)22-2/h7-8,10-11,15H,4-6,9,12-14H2,1-3H3. The fraction of sp³-hybridized carbons (Fsp3) is 0.524. The minimum atomic E-state index is 0.786. The van der Waals surface area contributed by atoms with Crippen molar-refractivity contribution < 1.29 is 9.47 Å². The third-order valence-corrected chi connectivity index (χ3v) is 5.25. The van der Waals surface area contributed by atoms with Gasteiger partial charge in [-0.15, -0.1) is 0 Å². The maximum Gasteiger partial charge on any atom is 0.130 e. The molecule has 2 nitrogen and oxygen atoms in total. The van der Waals surface area contributed by atoms with Crippen LogP contribution < -0.4 is 9.47 Å². The lowest BCUT2D eigenvalue weighted by Gasteiger charge is -2.29. The molecular weight excluding hydrogens is 284 g/mol. The molecule has 0 fully saturated rings. The number of methoxy groups -OCH3 is 2. The highest BCUT2D eigenvalue weighted by molar-refractivity contribution is 5.96. The molecule has 0 saturated heterocycles. The van der Waals surface area contributed by atoms with Crippen LogP contribution in [0.1, 0.15) is 50.2 Å². The molecule has 124 valence electrons. The molecule has 0 amide bonds. The topological polar surface area (TPSA) is 18.5 Å². The number of fused-ring (bicyclic) bond motifs is 2. The first-order valence-corrected chi connectivity index (χ1v) is 8.94. The van der Waals surface area contributed by atoms with Crippen LogP contribution in [0.5, 0.6) is 11.5 Å². The van der Waals surface area contributed by atoms with Gasteiger partial charge in [-0.1, -0.05) is 56.9 Å². The lowest BCUT2D eigenvalue weighted by atomic mass is 9.79. The first-order chi connectivity index (χ1) is 11.3. The van der Waals surface area contributed by atoms with Gasteiger partial charge >= 0.3 is 0 Å². The highest BCUT2D eigenvalue weighted by atomic mass is 16.5. The van der Waals surface area contributed by atoms with Crippen molar-refractivity contribution in [2.75, 3.05) is 14.2 Å². The van der Waals surface area contributed by atoms with Crippen molar-refractivity contribution >= 4 is 10.8 Å². The van der Waals surface area contributed by atoms with Gasteiger partial charge in [0.1, 0.15) is 11.5 Å². The summed E-state index contributed by atoms with van der Waals surface area (Å²) in [5.74, 6) is 2.91. The fourth-order valence-corrected chi connectivity index (χ4v) is 4.09. The van der Waals surface area contributed by atoms with Crippen molar-refractivity contribution in [3.8, 4) is 11.5 Å². The predicted octanol–water partition coefficient (Wildman–Crippen LogP) is 5.54. The van der Waals surface area contributed by atoms with Gasteiger partial charge in [0, 0.05) is 21.9 Å². The summed E-state index contributed by atoms with van der Waals surface area (Å²) >= 11 is 0. The Kier molecular flexibility index (Phi) is 5.09. The summed E-state index contributed by atoms with van der Waals surface area (Å²) in [5, 5.41) is 2.36. The Balaban J connectivity index is 2.02. The SMILES string of the molecule is CCCCCC1CCc2c(c(OC)c3ccccc3c2OC)C1. The van der Waals surface area contributed by atoms with Gasteiger partial charge in [0.15, 0.2) is 0 Å². The Morgan fingerprint density at radius 2 is 1.61 bits per heavy atom. The van der Waals surface area contributed by atoms with E-state index in [9.17, 15) is 0 Å². The van der Waals surface area contributed by atoms with Crippen molar-refractivity contribution in [1.82, 2.24) is 0 Å². The third kappa shape index (κ3) is 3.04. The van der Waals surface area contributed by atoms with Crippen molar-refractivity contribution in [3.05, 3.63) is 35.4 Å². The summed E-state index contributed by atoms with van der Waals surface area (Å²) in [6, 6.07) is 8.45. The zero-order chi connectivity index (χ0) is 16.2. The van der Waals surface area contributed by atoms with Gasteiger partial charge in [-0.3, -0.25) is 0 Å². The van der Waals surface area contributed by atoms with E-state index < -0.39 is 0 Å². The maximum atomic E-state index is 5.84. The maximum absolute atomic E-state index is 5.84. The molecule has 2 aromatic rings. The van der Waals surface area contributed by atoms with Gasteiger partial charge in [-0.25, -0.2) is 0 Å². The molecule has 0 aliphatic heterocycles. The van der Waals surface area contributed by atoms with E-state index in [2.05, 4.69) is 31.2 Å². The summed E-state index contributed by atoms with van der Waals surface area (Å²) in [6.07, 6.45) is 8.84. The molecule has 0 spiro atoms. The Morgan fingerprint density at radius 1 is 0.957 bits per heavy atom. The third-order valence-electron chi connectivity index (χ3n) is 5.25. The average molecular weight is 312 g/mol. The highest BCUT2D eigenvalue weighted by Gasteiger charge is 2.27. The Morgan fingerprint density at radius 3 is 2.22 bits per heavy atom. The minimum absolute atomic E-state index is 0.786. The van der Waals surface area contributed by atoms with Crippen molar-refractivity contribution in [2.45, 2.75) is 51.9 Å². The van der Waals surface area contributed by atoms with Gasteiger partial charge in [0.25, 0.3) is 0 Å². The molecule has 1 atom stereocenters. The smallest absolute Gasteiger partial charge is 0.130 e. The summed E-state index contributed by atoms with van der Waals surface area (Å²) in [6.45, 7) is 2.27. The predicted molar refractivity (Wildman–Crippen MR) is 96.7 cm³/mol. The monoisotopic (exact) mass is 312 g/mol. The van der Waals surface area contributed by atoms with Crippen molar-refractivity contribution in [1.29, 1.82) is 0 Å². The first kappa shape index (κ1) is 16.2. The summed E-state index contributed by atoms with van der Waals surface area (Å²) in [4.78, 5) is 0. The van der Waals surface area contributed by atoms with E-state index >= 15 is 0 Å². The van der Waals surface area contributed by atoms with E-state index in [4.69, 9.17) is 9.47 Å². The summed E-state index contributed by atoms with van der Waals surface area (Å²) in [5.41, 5.74) is 2.76. The zero-order valence-corrected chi connectivity index (χ0v) is 14.7. The second-order valence-corrected chi connectivity index (χ2v) is 6.67. The van der Waals surface area contributed by atoms with Gasteiger partial charge in [-0.05, 0) is 25.2 Å². The number of rotatable bonds is 6. The molecule has 0 N–H and O–H groups in total. The highest BCUT2D eigenvalue weighted by Crippen LogP contribution is 2.45. The van der Waals surface area contributed by atoms with E-state index in [1.54, 1.807) is 14.2 Å². The first-order valence-electron chi connectivity index (χ1n) is 8.94. The molecule has 2 heteroatoms. The molecule has 23 heavy (non-hydrogen) atoms. The number of ether oxygens (including phenoxy) is 2. The van der Waals surface area contributed by atoms with Crippen molar-refractivity contribution in [2.24, 2.45) is 5.92 Å². The van der Waals surface area contributed by atoms with Crippen LogP contribution >= 0.6 is 0 Å². The fourth-order valence-electron chi connectivity index (χ4n) is 4.09. The van der Waals surface area contributed by atoms with E-state index in [1.165, 1.54) is 54.0 Å². The van der Waals surface area contributed by atoms with Crippen LogP contribution in [0.4, 0.5) is 0 Å². The van der Waals surface area contributed by atoms with Crippen LogP contribution in [-0.2, 0) is 12.8 Å². The van der Waals surface area contributed by atoms with Gasteiger partial charge in [0.2, 0.25) is 0 Å². The number of hydrogen-bond acceptors (Lipinski definition) is 2. The molecule has 0 radical (unpaired) electrons. The molecule has 1 unspecified atom stereocenters. The average Bonchev–Trinajstić information content (AvgIpc) is 2.59. The molecule has 0 aromatic heterocycles. The van der Waals surface area contributed by atoms with Crippen LogP contribution in [0.15, 0.2) is 24.3 Å². The molecule has 1 aliphatic carbocycles. The van der Waals surface area contributed by atoms with E-state index in [1.807, 2.05) is 0 Å². The molecule has 1 aliphatic rings. The van der Waals surface area contributed by atoms with E-state index in [0.29, 0.717) is 0 Å². The quantitative estimate of drug-likeness (QED) is 0.652. The summed E-state index contributed by atoms with van der Waals surface area (Å²) in [7, 11) is 3.59. The molecule has 0 saturated carbocycles. The van der Waals surface area contributed by atoms with Crippen LogP contribution in [-0.4, -0.2) is 14.2 Å². The van der Waals surface area contributed by atoms with Crippen LogP contribution in [0, 0.1) is 5.92 Å². The molecule has 3 rings (SSSR count). The van der Waals surface area contributed by atoms with Gasteiger partial charge in [-0.2, -0.15) is 0 Å². The molecule has 2 aromatic carbocycles. The lowest BCUT2D eigenvalue weighted by molar-refractivity contribution is 0.365. The lowest BCUT2D eigenvalue weighted by Crippen LogP contribution is -2.16. The summed E-state index contributed by atoms with van der Waals surface area (Å²) < 4.78 is 11.6. The number of unbranched alkanes of at least 4 members (excludes halogenated alkanes) is 2. The molecule has 0 bridgehead atoms. The van der Waals surface area contributed by atoms with Crippen LogP contribution in [0.2, 0.25) is 0 Å². The van der Waals surface area contributed by atoms with Gasteiger partial charge in [0.05, 0.1) is 14.2 Å². The van der Waals surface area contributed by atoms with Crippen LogP contribution in [0.25, 0.3) is 10.8 Å². The van der Waals surface area contributed by atoms with Crippen LogP contribution in [0.3, 0.4) is 0 Å². The van der Waals surface area contributed by atoms with E-state index in [0.717, 1.165) is 30.3 Å². The second-order valence-electron chi connectivity index (χ2n) is 6.67. The zero-order valence-electron chi connectivity index (χ0n) is 14.7. The van der Waals surface area contributed by atoms with E-state index in [-0.39, 0.29) is 0 Å². The normalized spacial score (nSPS) is 17.1. The Bertz CT molecular complexity index is 675. The Labute approximate surface area is 139 Å².